The van der Waals surface area contributed by atoms with E-state index in [0.29, 0.717) is 32.0 Å². The number of pyridine rings is 1. The molecule has 0 saturated carbocycles. The number of amides is 1. The van der Waals surface area contributed by atoms with E-state index in [0.717, 1.165) is 30.4 Å². The van der Waals surface area contributed by atoms with E-state index in [-0.39, 0.29) is 12.0 Å². The van der Waals surface area contributed by atoms with Crippen molar-refractivity contribution in [2.45, 2.75) is 25.9 Å². The van der Waals surface area contributed by atoms with Gasteiger partial charge in [-0.3, -0.25) is 4.79 Å². The monoisotopic (exact) mass is 328 g/mol. The third kappa shape index (κ3) is 4.10. The summed E-state index contributed by atoms with van der Waals surface area (Å²) in [4.78, 5) is 19.0. The molecule has 0 radical (unpaired) electrons. The van der Waals surface area contributed by atoms with Gasteiger partial charge in [-0.1, -0.05) is 24.3 Å². The van der Waals surface area contributed by atoms with E-state index in [1.54, 1.807) is 0 Å². The van der Waals surface area contributed by atoms with Crippen LogP contribution in [0.25, 0.3) is 10.9 Å². The minimum atomic E-state index is 0.00789. The number of para-hydroxylation sites is 1. The van der Waals surface area contributed by atoms with Crippen molar-refractivity contribution >= 4 is 16.8 Å². The first kappa shape index (κ1) is 16.9. The van der Waals surface area contributed by atoms with Crippen molar-refractivity contribution in [1.29, 1.82) is 0 Å². The zero-order chi connectivity index (χ0) is 16.8. The first-order valence-electron chi connectivity index (χ1n) is 8.62. The minimum Gasteiger partial charge on any atom is -0.379 e. The predicted octanol–water partition coefficient (Wildman–Crippen LogP) is 2.89. The first-order chi connectivity index (χ1) is 11.8. The minimum absolute atomic E-state index is 0.00789. The number of carbonyl (C=O) groups is 1. The summed E-state index contributed by atoms with van der Waals surface area (Å²) < 4.78 is 11.1. The van der Waals surface area contributed by atoms with Gasteiger partial charge in [-0.2, -0.15) is 0 Å². The second-order valence-corrected chi connectivity index (χ2v) is 5.95. The Kier molecular flexibility index (Phi) is 5.77. The average Bonchev–Trinajstić information content (AvgIpc) is 2.65. The highest BCUT2D eigenvalue weighted by Crippen LogP contribution is 2.17. The second-order valence-electron chi connectivity index (χ2n) is 5.95. The summed E-state index contributed by atoms with van der Waals surface area (Å²) in [5.74, 6) is 0.00789. The molecule has 5 heteroatoms. The Hall–Kier alpha value is -1.98. The number of likely N-dealkylation sites (tertiary alicyclic amines) is 1. The van der Waals surface area contributed by atoms with Crippen LogP contribution in [-0.4, -0.2) is 54.8 Å². The van der Waals surface area contributed by atoms with E-state index in [4.69, 9.17) is 9.47 Å². The number of hydrogen-bond acceptors (Lipinski definition) is 4. The van der Waals surface area contributed by atoms with Crippen LogP contribution in [0.1, 0.15) is 30.3 Å². The highest BCUT2D eigenvalue weighted by molar-refractivity contribution is 5.94. The van der Waals surface area contributed by atoms with Crippen molar-refractivity contribution in [2.24, 2.45) is 0 Å². The number of nitrogens with zero attached hydrogens (tertiary/aromatic N) is 2. The topological polar surface area (TPSA) is 51.7 Å². The molecule has 128 valence electrons. The number of hydrogen-bond donors (Lipinski definition) is 0. The Morgan fingerprint density at radius 2 is 1.96 bits per heavy atom. The Bertz CT molecular complexity index is 681. The van der Waals surface area contributed by atoms with Gasteiger partial charge in [0.1, 0.15) is 5.69 Å². The highest BCUT2D eigenvalue weighted by Gasteiger charge is 2.24. The Labute approximate surface area is 142 Å². The lowest BCUT2D eigenvalue weighted by Gasteiger charge is -2.31. The van der Waals surface area contributed by atoms with Crippen LogP contribution in [0.15, 0.2) is 36.4 Å². The SMILES string of the molecule is CCOCCOC1CCN(C(=O)c2ccc3ccccc3n2)CC1. The lowest BCUT2D eigenvalue weighted by molar-refractivity contribution is -0.0183. The fourth-order valence-electron chi connectivity index (χ4n) is 2.99. The van der Waals surface area contributed by atoms with E-state index in [2.05, 4.69) is 4.98 Å². The van der Waals surface area contributed by atoms with E-state index >= 15 is 0 Å². The summed E-state index contributed by atoms with van der Waals surface area (Å²) in [5, 5.41) is 1.05. The molecule has 1 aromatic heterocycles. The zero-order valence-electron chi connectivity index (χ0n) is 14.1. The number of benzene rings is 1. The van der Waals surface area contributed by atoms with Crippen molar-refractivity contribution < 1.29 is 14.3 Å². The second kappa shape index (κ2) is 8.22. The van der Waals surface area contributed by atoms with Crippen LogP contribution in [0.2, 0.25) is 0 Å². The third-order valence-electron chi connectivity index (χ3n) is 4.33. The molecule has 0 bridgehead atoms. The molecule has 2 aromatic rings. The van der Waals surface area contributed by atoms with Gasteiger partial charge in [0.05, 0.1) is 24.8 Å². The summed E-state index contributed by atoms with van der Waals surface area (Å²) >= 11 is 0. The number of ether oxygens (including phenoxy) is 2. The quantitative estimate of drug-likeness (QED) is 0.765. The van der Waals surface area contributed by atoms with Crippen LogP contribution >= 0.6 is 0 Å². The molecule has 0 N–H and O–H groups in total. The normalized spacial score (nSPS) is 15.8. The Morgan fingerprint density at radius 1 is 1.17 bits per heavy atom. The fraction of sp³-hybridized carbons (Fsp3) is 0.474. The van der Waals surface area contributed by atoms with Gasteiger partial charge in [-0.15, -0.1) is 0 Å². The molecule has 1 fully saturated rings. The highest BCUT2D eigenvalue weighted by atomic mass is 16.5. The number of aromatic nitrogens is 1. The van der Waals surface area contributed by atoms with Crippen LogP contribution in [0.3, 0.4) is 0 Å². The first-order valence-corrected chi connectivity index (χ1v) is 8.62. The molecular formula is C19H24N2O3. The molecule has 5 nitrogen and oxygen atoms in total. The fourth-order valence-corrected chi connectivity index (χ4v) is 2.99. The molecule has 1 aromatic carbocycles. The smallest absolute Gasteiger partial charge is 0.272 e. The van der Waals surface area contributed by atoms with Crippen LogP contribution < -0.4 is 0 Å². The largest absolute Gasteiger partial charge is 0.379 e. The van der Waals surface area contributed by atoms with E-state index in [1.807, 2.05) is 48.2 Å². The number of rotatable bonds is 6. The molecule has 1 aliphatic rings. The molecule has 0 atom stereocenters. The van der Waals surface area contributed by atoms with Gasteiger partial charge in [0.2, 0.25) is 0 Å². The van der Waals surface area contributed by atoms with Gasteiger partial charge >= 0.3 is 0 Å². The number of piperidine rings is 1. The molecule has 1 saturated heterocycles. The summed E-state index contributed by atoms with van der Waals surface area (Å²) in [5.41, 5.74) is 1.38. The van der Waals surface area contributed by atoms with Crippen LogP contribution in [0.5, 0.6) is 0 Å². The summed E-state index contributed by atoms with van der Waals surface area (Å²) in [6, 6.07) is 11.6. The standard InChI is InChI=1S/C19H24N2O3/c1-2-23-13-14-24-16-9-11-21(12-10-16)19(22)18-8-7-15-5-3-4-6-17(15)20-18/h3-8,16H,2,9-14H2,1H3. The van der Waals surface area contributed by atoms with E-state index in [9.17, 15) is 4.79 Å². The summed E-state index contributed by atoms with van der Waals surface area (Å²) in [6.45, 7) is 5.38. The zero-order valence-corrected chi connectivity index (χ0v) is 14.1. The maximum atomic E-state index is 12.7. The molecule has 0 unspecified atom stereocenters. The third-order valence-corrected chi connectivity index (χ3v) is 4.33. The van der Waals surface area contributed by atoms with Gasteiger partial charge in [0, 0.05) is 25.1 Å². The Balaban J connectivity index is 1.54. The van der Waals surface area contributed by atoms with E-state index < -0.39 is 0 Å². The van der Waals surface area contributed by atoms with Crippen molar-refractivity contribution in [3.8, 4) is 0 Å². The van der Waals surface area contributed by atoms with Gasteiger partial charge in [0.25, 0.3) is 5.91 Å². The van der Waals surface area contributed by atoms with Crippen molar-refractivity contribution in [1.82, 2.24) is 9.88 Å². The van der Waals surface area contributed by atoms with Crippen molar-refractivity contribution in [2.75, 3.05) is 32.9 Å². The molecular weight excluding hydrogens is 304 g/mol. The summed E-state index contributed by atoms with van der Waals surface area (Å²) in [7, 11) is 0. The average molecular weight is 328 g/mol. The summed E-state index contributed by atoms with van der Waals surface area (Å²) in [6.07, 6.45) is 1.95. The van der Waals surface area contributed by atoms with Gasteiger partial charge < -0.3 is 14.4 Å². The molecule has 3 rings (SSSR count). The lowest BCUT2D eigenvalue weighted by Crippen LogP contribution is -2.41. The molecule has 1 aliphatic heterocycles. The van der Waals surface area contributed by atoms with Crippen molar-refractivity contribution in [3.05, 3.63) is 42.1 Å². The van der Waals surface area contributed by atoms with Gasteiger partial charge in [-0.05, 0) is 31.9 Å². The van der Waals surface area contributed by atoms with Crippen LogP contribution in [0.4, 0.5) is 0 Å². The van der Waals surface area contributed by atoms with Crippen molar-refractivity contribution in [3.63, 3.8) is 0 Å². The lowest BCUT2D eigenvalue weighted by atomic mass is 10.1. The predicted molar refractivity (Wildman–Crippen MR) is 93.1 cm³/mol. The van der Waals surface area contributed by atoms with Gasteiger partial charge in [-0.25, -0.2) is 4.98 Å². The molecule has 1 amide bonds. The van der Waals surface area contributed by atoms with E-state index in [1.165, 1.54) is 0 Å². The number of fused-ring (bicyclic) bond motifs is 1. The Morgan fingerprint density at radius 3 is 2.75 bits per heavy atom. The maximum Gasteiger partial charge on any atom is 0.272 e. The van der Waals surface area contributed by atoms with Crippen LogP contribution in [-0.2, 0) is 9.47 Å². The maximum absolute atomic E-state index is 12.7. The van der Waals surface area contributed by atoms with Crippen LogP contribution in [0, 0.1) is 0 Å². The molecule has 2 heterocycles. The molecule has 0 spiro atoms. The number of carbonyl (C=O) groups excluding carboxylic acids is 1. The molecule has 0 aliphatic carbocycles. The molecule has 24 heavy (non-hydrogen) atoms. The van der Waals surface area contributed by atoms with Gasteiger partial charge in [0.15, 0.2) is 0 Å².